The Labute approximate surface area is 118 Å². The highest BCUT2D eigenvalue weighted by molar-refractivity contribution is 5.90. The van der Waals surface area contributed by atoms with Crippen LogP contribution in [0.3, 0.4) is 0 Å². The van der Waals surface area contributed by atoms with Gasteiger partial charge in [-0.2, -0.15) is 5.10 Å². The average Bonchev–Trinajstić information content (AvgIpc) is 3.05. The molecule has 0 aromatic carbocycles. The van der Waals surface area contributed by atoms with Crippen LogP contribution >= 0.6 is 0 Å². The molecule has 0 atom stereocenters. The highest BCUT2D eigenvalue weighted by Gasteiger charge is 2.06. The summed E-state index contributed by atoms with van der Waals surface area (Å²) in [4.78, 5) is 13.9. The quantitative estimate of drug-likeness (QED) is 0.834. The number of nitrogens with zero attached hydrogens (tertiary/aromatic N) is 3. The number of hydrogen-bond donors (Lipinski definition) is 1. The van der Waals surface area contributed by atoms with Crippen molar-refractivity contribution < 1.29 is 9.21 Å². The van der Waals surface area contributed by atoms with Crippen molar-refractivity contribution in [2.75, 3.05) is 26.0 Å². The first-order chi connectivity index (χ1) is 9.63. The van der Waals surface area contributed by atoms with Crippen LogP contribution < -0.4 is 5.32 Å². The fraction of sp³-hybridized carbons (Fsp3) is 0.429. The number of anilines is 1. The monoisotopic (exact) mass is 276 g/mol. The van der Waals surface area contributed by atoms with E-state index < -0.39 is 0 Å². The molecule has 0 unspecified atom stereocenters. The van der Waals surface area contributed by atoms with Crippen LogP contribution in [0.2, 0.25) is 0 Å². The van der Waals surface area contributed by atoms with Gasteiger partial charge in [-0.3, -0.25) is 9.48 Å². The van der Waals surface area contributed by atoms with E-state index in [1.165, 1.54) is 0 Å². The molecule has 2 aromatic heterocycles. The van der Waals surface area contributed by atoms with Crippen LogP contribution in [0.1, 0.15) is 12.2 Å². The number of amides is 1. The number of aromatic nitrogens is 2. The summed E-state index contributed by atoms with van der Waals surface area (Å²) in [6, 6.07) is 3.69. The number of rotatable bonds is 7. The van der Waals surface area contributed by atoms with Gasteiger partial charge in [-0.1, -0.05) is 0 Å². The predicted octanol–water partition coefficient (Wildman–Crippen LogP) is 1.61. The Morgan fingerprint density at radius 2 is 2.35 bits per heavy atom. The number of hydrogen-bond acceptors (Lipinski definition) is 4. The molecule has 20 heavy (non-hydrogen) atoms. The molecule has 0 spiro atoms. The number of aryl methyl sites for hydroxylation is 1. The van der Waals surface area contributed by atoms with Gasteiger partial charge in [-0.25, -0.2) is 0 Å². The van der Waals surface area contributed by atoms with Gasteiger partial charge in [0, 0.05) is 25.6 Å². The second-order valence-electron chi connectivity index (χ2n) is 4.92. The molecule has 0 aliphatic carbocycles. The van der Waals surface area contributed by atoms with Crippen LogP contribution in [0.25, 0.3) is 0 Å². The molecule has 0 aliphatic heterocycles. The summed E-state index contributed by atoms with van der Waals surface area (Å²) in [6.45, 7) is 1.71. The molecule has 2 rings (SSSR count). The lowest BCUT2D eigenvalue weighted by Crippen LogP contribution is -2.18. The molecule has 0 fully saturated rings. The molecule has 1 amide bonds. The van der Waals surface area contributed by atoms with Gasteiger partial charge in [0.05, 0.1) is 24.7 Å². The smallest absolute Gasteiger partial charge is 0.224 e. The third-order valence-corrected chi connectivity index (χ3v) is 2.87. The second kappa shape index (κ2) is 6.91. The molecule has 0 radical (unpaired) electrons. The maximum atomic E-state index is 11.8. The Hall–Kier alpha value is -2.08. The first kappa shape index (κ1) is 14.3. The summed E-state index contributed by atoms with van der Waals surface area (Å²) in [6.07, 6.45) is 6.13. The fourth-order valence-corrected chi connectivity index (χ4v) is 1.77. The number of nitrogens with one attached hydrogen (secondary N) is 1. The van der Waals surface area contributed by atoms with Gasteiger partial charge < -0.3 is 14.6 Å². The summed E-state index contributed by atoms with van der Waals surface area (Å²) in [5.74, 6) is 0.787. The van der Waals surface area contributed by atoms with Crippen molar-refractivity contribution >= 4 is 11.6 Å². The van der Waals surface area contributed by atoms with E-state index in [0.29, 0.717) is 12.8 Å². The Morgan fingerprint density at radius 1 is 1.50 bits per heavy atom. The summed E-state index contributed by atoms with van der Waals surface area (Å²) >= 11 is 0. The van der Waals surface area contributed by atoms with Crippen LogP contribution in [0, 0.1) is 0 Å². The molecule has 0 aliphatic rings. The summed E-state index contributed by atoms with van der Waals surface area (Å²) < 4.78 is 7.01. The van der Waals surface area contributed by atoms with Crippen molar-refractivity contribution in [2.45, 2.75) is 19.4 Å². The molecular formula is C14H20N4O2. The van der Waals surface area contributed by atoms with Crippen LogP contribution in [0.15, 0.2) is 35.2 Å². The van der Waals surface area contributed by atoms with E-state index in [1.54, 1.807) is 12.5 Å². The van der Waals surface area contributed by atoms with E-state index in [0.717, 1.165) is 24.5 Å². The standard InChI is InChI=1S/C14H20N4O2/c1-17(2)7-8-18-11-12(10-15-18)16-14(19)6-5-13-4-3-9-20-13/h3-4,9-11H,5-8H2,1-2H3,(H,16,19). The lowest BCUT2D eigenvalue weighted by atomic mass is 10.2. The summed E-state index contributed by atoms with van der Waals surface area (Å²) in [5, 5.41) is 7.04. The number of furan rings is 1. The van der Waals surface area contributed by atoms with E-state index >= 15 is 0 Å². The molecule has 0 saturated carbocycles. The molecule has 0 bridgehead atoms. The zero-order chi connectivity index (χ0) is 14.4. The molecule has 6 heteroatoms. The third kappa shape index (κ3) is 4.55. The number of carbonyl (C=O) groups is 1. The van der Waals surface area contributed by atoms with E-state index in [1.807, 2.05) is 37.1 Å². The molecule has 2 aromatic rings. The van der Waals surface area contributed by atoms with E-state index in [4.69, 9.17) is 4.42 Å². The molecule has 2 heterocycles. The van der Waals surface area contributed by atoms with Crippen molar-refractivity contribution in [2.24, 2.45) is 0 Å². The van der Waals surface area contributed by atoms with Gasteiger partial charge in [-0.15, -0.1) is 0 Å². The Balaban J connectivity index is 1.76. The SMILES string of the molecule is CN(C)CCn1cc(NC(=O)CCc2ccco2)cn1. The highest BCUT2D eigenvalue weighted by atomic mass is 16.3. The maximum absolute atomic E-state index is 11.8. The molecule has 108 valence electrons. The van der Waals surface area contributed by atoms with Gasteiger partial charge in [-0.05, 0) is 26.2 Å². The Bertz CT molecular complexity index is 531. The topological polar surface area (TPSA) is 63.3 Å². The lowest BCUT2D eigenvalue weighted by molar-refractivity contribution is -0.116. The van der Waals surface area contributed by atoms with E-state index in [-0.39, 0.29) is 5.91 Å². The van der Waals surface area contributed by atoms with Crippen LogP contribution in [-0.2, 0) is 17.8 Å². The summed E-state index contributed by atoms with van der Waals surface area (Å²) in [7, 11) is 4.03. The minimum atomic E-state index is -0.0337. The normalized spacial score (nSPS) is 10.9. The molecule has 6 nitrogen and oxygen atoms in total. The van der Waals surface area contributed by atoms with Gasteiger partial charge in [0.15, 0.2) is 0 Å². The summed E-state index contributed by atoms with van der Waals surface area (Å²) in [5.41, 5.74) is 0.730. The van der Waals surface area contributed by atoms with Crippen molar-refractivity contribution in [3.05, 3.63) is 36.5 Å². The maximum Gasteiger partial charge on any atom is 0.224 e. The largest absolute Gasteiger partial charge is 0.469 e. The molecule has 0 saturated heterocycles. The van der Waals surface area contributed by atoms with Crippen molar-refractivity contribution in [1.29, 1.82) is 0 Å². The second-order valence-corrected chi connectivity index (χ2v) is 4.92. The zero-order valence-electron chi connectivity index (χ0n) is 11.9. The van der Waals surface area contributed by atoms with Crippen molar-refractivity contribution in [3.8, 4) is 0 Å². The number of likely N-dealkylation sites (N-methyl/N-ethyl adjacent to an activating group) is 1. The fourth-order valence-electron chi connectivity index (χ4n) is 1.77. The van der Waals surface area contributed by atoms with Crippen LogP contribution in [-0.4, -0.2) is 41.2 Å². The zero-order valence-corrected chi connectivity index (χ0v) is 11.9. The van der Waals surface area contributed by atoms with Crippen LogP contribution in [0.5, 0.6) is 0 Å². The minimum absolute atomic E-state index is 0.0337. The average molecular weight is 276 g/mol. The number of carbonyl (C=O) groups excluding carboxylic acids is 1. The van der Waals surface area contributed by atoms with Crippen molar-refractivity contribution in [1.82, 2.24) is 14.7 Å². The van der Waals surface area contributed by atoms with E-state index in [9.17, 15) is 4.79 Å². The lowest BCUT2D eigenvalue weighted by Gasteiger charge is -2.08. The van der Waals surface area contributed by atoms with Crippen molar-refractivity contribution in [3.63, 3.8) is 0 Å². The first-order valence-electron chi connectivity index (χ1n) is 6.63. The Kier molecular flexibility index (Phi) is 4.95. The van der Waals surface area contributed by atoms with E-state index in [2.05, 4.69) is 15.3 Å². The third-order valence-electron chi connectivity index (χ3n) is 2.87. The highest BCUT2D eigenvalue weighted by Crippen LogP contribution is 2.08. The molecular weight excluding hydrogens is 256 g/mol. The van der Waals surface area contributed by atoms with Gasteiger partial charge in [0.25, 0.3) is 0 Å². The molecule has 1 N–H and O–H groups in total. The predicted molar refractivity (Wildman–Crippen MR) is 76.4 cm³/mol. The first-order valence-corrected chi connectivity index (χ1v) is 6.63. The Morgan fingerprint density at radius 3 is 3.05 bits per heavy atom. The minimum Gasteiger partial charge on any atom is -0.469 e. The van der Waals surface area contributed by atoms with Gasteiger partial charge in [0.2, 0.25) is 5.91 Å². The van der Waals surface area contributed by atoms with Gasteiger partial charge in [0.1, 0.15) is 5.76 Å². The van der Waals surface area contributed by atoms with Crippen LogP contribution in [0.4, 0.5) is 5.69 Å². The van der Waals surface area contributed by atoms with Gasteiger partial charge >= 0.3 is 0 Å².